The topological polar surface area (TPSA) is 0 Å². The van der Waals surface area contributed by atoms with Gasteiger partial charge in [-0.25, -0.2) is 0 Å². The summed E-state index contributed by atoms with van der Waals surface area (Å²) in [6.07, 6.45) is 13.5. The highest BCUT2D eigenvalue weighted by molar-refractivity contribution is 5.87. The van der Waals surface area contributed by atoms with Crippen LogP contribution in [0.5, 0.6) is 0 Å². The first kappa shape index (κ1) is 18.0. The van der Waals surface area contributed by atoms with Crippen LogP contribution in [0.4, 0.5) is 0 Å². The van der Waals surface area contributed by atoms with Gasteiger partial charge in [0.15, 0.2) is 0 Å². The van der Waals surface area contributed by atoms with Gasteiger partial charge >= 0.3 is 0 Å². The second kappa shape index (κ2) is 6.93. The Morgan fingerprint density at radius 3 is 1.91 bits per heavy atom. The Kier molecular flexibility index (Phi) is 3.90. The molecule has 0 amide bonds. The molecule has 0 saturated heterocycles. The number of allylic oxidation sites excluding steroid dienone is 2. The maximum atomic E-state index is 2.31. The normalized spacial score (nSPS) is 14.8. The van der Waals surface area contributed by atoms with Crippen molar-refractivity contribution in [1.82, 2.24) is 0 Å². The lowest BCUT2D eigenvalue weighted by atomic mass is 9.96. The van der Waals surface area contributed by atoms with Crippen molar-refractivity contribution in [2.45, 2.75) is 25.7 Å². The molecule has 4 aromatic carbocycles. The van der Waals surface area contributed by atoms with E-state index in [2.05, 4.69) is 97.1 Å². The first-order chi connectivity index (χ1) is 15.9. The largest absolute Gasteiger partial charge is 0.0795 e. The first-order valence-electron chi connectivity index (χ1n) is 11.7. The molecule has 32 heavy (non-hydrogen) atoms. The molecule has 8 rings (SSSR count). The van der Waals surface area contributed by atoms with Crippen LogP contribution in [0.25, 0.3) is 34.4 Å². The van der Waals surface area contributed by atoms with E-state index in [1.807, 2.05) is 0 Å². The van der Waals surface area contributed by atoms with Crippen LogP contribution in [0.1, 0.15) is 44.5 Å². The van der Waals surface area contributed by atoms with E-state index in [1.54, 1.807) is 0 Å². The van der Waals surface area contributed by atoms with Crippen molar-refractivity contribution in [1.29, 1.82) is 0 Å². The lowest BCUT2D eigenvalue weighted by Gasteiger charge is -2.08. The summed E-state index contributed by atoms with van der Waals surface area (Å²) in [5.74, 6) is 0. The standard InChI is InChI=1S/2C16H12/c2*1-2-6-15-12(4-1)10-13-9-8-11-5-3-7-14(11)16(13)15/h1-4,6-9H,5,10H2;1-6,8-9H,7,10H2. The molecule has 0 bridgehead atoms. The summed E-state index contributed by atoms with van der Waals surface area (Å²) in [5, 5.41) is 0. The minimum atomic E-state index is 1.10. The minimum absolute atomic E-state index is 1.10. The Morgan fingerprint density at radius 1 is 0.469 bits per heavy atom. The fourth-order valence-corrected chi connectivity index (χ4v) is 5.97. The molecule has 0 heteroatoms. The maximum Gasteiger partial charge on any atom is -0.00132 e. The molecule has 0 N–H and O–H groups in total. The van der Waals surface area contributed by atoms with Crippen molar-refractivity contribution in [2.75, 3.05) is 0 Å². The molecule has 0 aromatic heterocycles. The Balaban J connectivity index is 0.000000113. The molecular formula is C32H24. The molecular weight excluding hydrogens is 384 g/mol. The van der Waals surface area contributed by atoms with Crippen molar-refractivity contribution in [2.24, 2.45) is 0 Å². The monoisotopic (exact) mass is 408 g/mol. The summed E-state index contributed by atoms with van der Waals surface area (Å²) in [4.78, 5) is 0. The maximum absolute atomic E-state index is 2.31. The lowest BCUT2D eigenvalue weighted by molar-refractivity contribution is 1.24. The molecule has 0 radical (unpaired) electrons. The number of fused-ring (bicyclic) bond motifs is 10. The summed E-state index contributed by atoms with van der Waals surface area (Å²) in [6, 6.07) is 26.8. The fourth-order valence-electron chi connectivity index (χ4n) is 5.97. The van der Waals surface area contributed by atoms with E-state index in [0.29, 0.717) is 0 Å². The number of hydrogen-bond acceptors (Lipinski definition) is 0. The van der Waals surface area contributed by atoms with Crippen molar-refractivity contribution in [3.8, 4) is 22.3 Å². The summed E-state index contributed by atoms with van der Waals surface area (Å²) in [7, 11) is 0. The molecule has 152 valence electrons. The van der Waals surface area contributed by atoms with Gasteiger partial charge in [-0.1, -0.05) is 97.1 Å². The second-order valence-corrected chi connectivity index (χ2v) is 9.22. The van der Waals surface area contributed by atoms with Crippen LogP contribution in [0.15, 0.2) is 84.9 Å². The van der Waals surface area contributed by atoms with E-state index in [4.69, 9.17) is 0 Å². The van der Waals surface area contributed by atoms with Gasteiger partial charge in [0.1, 0.15) is 0 Å². The van der Waals surface area contributed by atoms with E-state index in [-0.39, 0.29) is 0 Å². The summed E-state index contributed by atoms with van der Waals surface area (Å²) in [6.45, 7) is 0. The predicted octanol–water partition coefficient (Wildman–Crippen LogP) is 7.65. The SMILES string of the molecule is C1=Cc2c(ccc3c2-c2ccccc2C3)C1.C1=Cc2ccc3c(c2C1)-c1ccccc1C3. The zero-order valence-corrected chi connectivity index (χ0v) is 18.1. The predicted molar refractivity (Wildman–Crippen MR) is 135 cm³/mol. The second-order valence-electron chi connectivity index (χ2n) is 9.22. The number of rotatable bonds is 0. The van der Waals surface area contributed by atoms with E-state index in [9.17, 15) is 0 Å². The smallest absolute Gasteiger partial charge is 0.00132 e. The van der Waals surface area contributed by atoms with Crippen LogP contribution in [0.2, 0.25) is 0 Å². The van der Waals surface area contributed by atoms with Crippen LogP contribution in [-0.4, -0.2) is 0 Å². The van der Waals surface area contributed by atoms with E-state index < -0.39 is 0 Å². The molecule has 0 aliphatic heterocycles. The highest BCUT2D eigenvalue weighted by Crippen LogP contribution is 2.43. The van der Waals surface area contributed by atoms with Crippen LogP contribution in [0, 0.1) is 0 Å². The molecule has 0 heterocycles. The van der Waals surface area contributed by atoms with Gasteiger partial charge in [-0.3, -0.25) is 0 Å². The van der Waals surface area contributed by atoms with Crippen LogP contribution >= 0.6 is 0 Å². The lowest BCUT2D eigenvalue weighted by Crippen LogP contribution is -1.89. The third-order valence-corrected chi connectivity index (χ3v) is 7.43. The number of hydrogen-bond donors (Lipinski definition) is 0. The van der Waals surface area contributed by atoms with Gasteiger partial charge in [0.2, 0.25) is 0 Å². The average Bonchev–Trinajstić information content (AvgIpc) is 3.61. The molecule has 0 spiro atoms. The van der Waals surface area contributed by atoms with Gasteiger partial charge in [-0.2, -0.15) is 0 Å². The molecule has 4 aliphatic carbocycles. The molecule has 0 fully saturated rings. The molecule has 0 saturated carbocycles. The molecule has 4 aliphatic rings. The Bertz CT molecular complexity index is 1460. The van der Waals surface area contributed by atoms with E-state index in [1.165, 1.54) is 66.8 Å². The van der Waals surface area contributed by atoms with E-state index in [0.717, 1.165) is 25.7 Å². The zero-order valence-electron chi connectivity index (χ0n) is 18.1. The Morgan fingerprint density at radius 2 is 1.09 bits per heavy atom. The minimum Gasteiger partial charge on any atom is -0.0795 e. The Hall–Kier alpha value is -3.64. The van der Waals surface area contributed by atoms with Crippen molar-refractivity contribution >= 4 is 12.2 Å². The van der Waals surface area contributed by atoms with Crippen LogP contribution in [-0.2, 0) is 25.7 Å². The molecule has 0 atom stereocenters. The van der Waals surface area contributed by atoms with Crippen LogP contribution in [0.3, 0.4) is 0 Å². The van der Waals surface area contributed by atoms with Gasteiger partial charge < -0.3 is 0 Å². The summed E-state index contributed by atoms with van der Waals surface area (Å²) >= 11 is 0. The first-order valence-corrected chi connectivity index (χ1v) is 11.7. The van der Waals surface area contributed by atoms with Gasteiger partial charge in [0.05, 0.1) is 0 Å². The molecule has 0 unspecified atom stereocenters. The van der Waals surface area contributed by atoms with Gasteiger partial charge in [-0.05, 0) is 92.4 Å². The van der Waals surface area contributed by atoms with Crippen LogP contribution < -0.4 is 0 Å². The summed E-state index contributed by atoms with van der Waals surface area (Å²) < 4.78 is 0. The third kappa shape index (κ3) is 2.63. The average molecular weight is 409 g/mol. The zero-order chi connectivity index (χ0) is 21.1. The highest BCUT2D eigenvalue weighted by Gasteiger charge is 2.24. The van der Waals surface area contributed by atoms with E-state index >= 15 is 0 Å². The van der Waals surface area contributed by atoms with Crippen molar-refractivity contribution in [3.63, 3.8) is 0 Å². The molecule has 0 nitrogen and oxygen atoms in total. The molecule has 4 aromatic rings. The third-order valence-electron chi connectivity index (χ3n) is 7.43. The summed E-state index contributed by atoms with van der Waals surface area (Å²) in [5.41, 5.74) is 17.7. The number of benzene rings is 4. The fraction of sp³-hybridized carbons (Fsp3) is 0.125. The van der Waals surface area contributed by atoms with Gasteiger partial charge in [0.25, 0.3) is 0 Å². The van der Waals surface area contributed by atoms with Gasteiger partial charge in [0, 0.05) is 0 Å². The van der Waals surface area contributed by atoms with Crippen molar-refractivity contribution in [3.05, 3.63) is 129 Å². The quantitative estimate of drug-likeness (QED) is 0.242. The van der Waals surface area contributed by atoms with Crippen molar-refractivity contribution < 1.29 is 0 Å². The highest BCUT2D eigenvalue weighted by atomic mass is 14.3. The Labute approximate surface area is 189 Å². The van der Waals surface area contributed by atoms with Gasteiger partial charge in [-0.15, -0.1) is 0 Å².